The summed E-state index contributed by atoms with van der Waals surface area (Å²) in [5.41, 5.74) is 0.0965. The lowest BCUT2D eigenvalue weighted by molar-refractivity contribution is -0.154. The zero-order valence-electron chi connectivity index (χ0n) is 15.3. The van der Waals surface area contributed by atoms with Crippen LogP contribution >= 0.6 is 0 Å². The lowest BCUT2D eigenvalue weighted by Gasteiger charge is -2.22. The van der Waals surface area contributed by atoms with Gasteiger partial charge in [0, 0.05) is 0 Å². The van der Waals surface area contributed by atoms with Crippen molar-refractivity contribution in [1.82, 2.24) is 0 Å². The summed E-state index contributed by atoms with van der Waals surface area (Å²) >= 11 is 0. The van der Waals surface area contributed by atoms with E-state index in [0.29, 0.717) is 5.75 Å². The molecule has 0 unspecified atom stereocenters. The van der Waals surface area contributed by atoms with E-state index in [1.807, 2.05) is 25.1 Å². The minimum Gasteiger partial charge on any atom is -0.492 e. The molecule has 0 heterocycles. The van der Waals surface area contributed by atoms with Crippen molar-refractivity contribution in [2.75, 3.05) is 19.0 Å². The summed E-state index contributed by atoms with van der Waals surface area (Å²) < 4.78 is 35.3. The molecule has 140 valence electrons. The summed E-state index contributed by atoms with van der Waals surface area (Å²) in [6.07, 6.45) is 0. The summed E-state index contributed by atoms with van der Waals surface area (Å²) in [7, 11) is -3.48. The SMILES string of the molecule is Cc1ccc(S(=O)(=O)CCOC(=O)C(C)(C)COc2ccccc2)cc1. The van der Waals surface area contributed by atoms with E-state index < -0.39 is 21.2 Å². The maximum atomic E-state index is 12.3. The molecule has 0 spiro atoms. The van der Waals surface area contributed by atoms with Gasteiger partial charge in [0.25, 0.3) is 0 Å². The van der Waals surface area contributed by atoms with Gasteiger partial charge in [-0.2, -0.15) is 0 Å². The Kier molecular flexibility index (Phi) is 6.42. The molecule has 0 saturated carbocycles. The monoisotopic (exact) mass is 376 g/mol. The van der Waals surface area contributed by atoms with Crippen molar-refractivity contribution >= 4 is 15.8 Å². The molecule has 0 aliphatic carbocycles. The number of para-hydroxylation sites is 1. The number of hydrogen-bond donors (Lipinski definition) is 0. The van der Waals surface area contributed by atoms with Crippen molar-refractivity contribution in [3.05, 3.63) is 60.2 Å². The third-order valence-corrected chi connectivity index (χ3v) is 5.56. The normalized spacial score (nSPS) is 11.8. The van der Waals surface area contributed by atoms with Gasteiger partial charge in [0.05, 0.1) is 16.1 Å². The first-order valence-corrected chi connectivity index (χ1v) is 10.0. The third kappa shape index (κ3) is 5.59. The molecule has 0 aliphatic heterocycles. The van der Waals surface area contributed by atoms with Crippen LogP contribution in [0.3, 0.4) is 0 Å². The average molecular weight is 376 g/mol. The Bertz CT molecular complexity index is 824. The van der Waals surface area contributed by atoms with Crippen molar-refractivity contribution in [3.63, 3.8) is 0 Å². The molecule has 0 fully saturated rings. The van der Waals surface area contributed by atoms with Gasteiger partial charge in [-0.3, -0.25) is 4.79 Å². The van der Waals surface area contributed by atoms with E-state index in [-0.39, 0.29) is 23.9 Å². The third-order valence-electron chi connectivity index (χ3n) is 3.86. The molecule has 26 heavy (non-hydrogen) atoms. The first-order valence-electron chi connectivity index (χ1n) is 8.35. The van der Waals surface area contributed by atoms with Crippen LogP contribution < -0.4 is 4.74 Å². The lowest BCUT2D eigenvalue weighted by Crippen LogP contribution is -2.34. The van der Waals surface area contributed by atoms with Crippen LogP contribution in [-0.2, 0) is 19.4 Å². The second-order valence-electron chi connectivity index (χ2n) is 6.75. The molecule has 2 aromatic rings. The van der Waals surface area contributed by atoms with Crippen molar-refractivity contribution in [2.45, 2.75) is 25.7 Å². The molecular formula is C20H24O5S. The fourth-order valence-electron chi connectivity index (χ4n) is 2.14. The molecule has 2 rings (SSSR count). The van der Waals surface area contributed by atoms with Gasteiger partial charge in [0.1, 0.15) is 19.0 Å². The number of ether oxygens (including phenoxy) is 2. The van der Waals surface area contributed by atoms with Crippen molar-refractivity contribution in [1.29, 1.82) is 0 Å². The van der Waals surface area contributed by atoms with E-state index in [9.17, 15) is 13.2 Å². The minimum atomic E-state index is -3.48. The largest absolute Gasteiger partial charge is 0.492 e. The van der Waals surface area contributed by atoms with Gasteiger partial charge in [-0.15, -0.1) is 0 Å². The van der Waals surface area contributed by atoms with Crippen LogP contribution in [0.25, 0.3) is 0 Å². The lowest BCUT2D eigenvalue weighted by atomic mass is 9.95. The van der Waals surface area contributed by atoms with Gasteiger partial charge in [0.2, 0.25) is 0 Å². The molecule has 2 aromatic carbocycles. The van der Waals surface area contributed by atoms with Gasteiger partial charge >= 0.3 is 5.97 Å². The molecule has 5 nitrogen and oxygen atoms in total. The van der Waals surface area contributed by atoms with E-state index in [1.165, 1.54) is 0 Å². The molecular weight excluding hydrogens is 352 g/mol. The maximum absolute atomic E-state index is 12.3. The molecule has 0 radical (unpaired) electrons. The summed E-state index contributed by atoms with van der Waals surface area (Å²) in [4.78, 5) is 12.5. The number of benzene rings is 2. The number of rotatable bonds is 8. The summed E-state index contributed by atoms with van der Waals surface area (Å²) in [6.45, 7) is 5.24. The minimum absolute atomic E-state index is 0.139. The van der Waals surface area contributed by atoms with E-state index in [1.54, 1.807) is 50.2 Å². The summed E-state index contributed by atoms with van der Waals surface area (Å²) in [6, 6.07) is 15.8. The highest BCUT2D eigenvalue weighted by Gasteiger charge is 2.31. The zero-order valence-corrected chi connectivity index (χ0v) is 16.1. The van der Waals surface area contributed by atoms with E-state index in [0.717, 1.165) is 5.56 Å². The van der Waals surface area contributed by atoms with Gasteiger partial charge < -0.3 is 9.47 Å². The number of carbonyl (C=O) groups excluding carboxylic acids is 1. The predicted molar refractivity (Wildman–Crippen MR) is 99.9 cm³/mol. The summed E-state index contributed by atoms with van der Waals surface area (Å²) in [5.74, 6) is -0.0832. The standard InChI is InChI=1S/C20H24O5S/c1-16-9-11-18(12-10-16)26(22,23)14-13-24-19(21)20(2,3)15-25-17-7-5-4-6-8-17/h4-12H,13-15H2,1-3H3. The van der Waals surface area contributed by atoms with Crippen LogP contribution in [0.5, 0.6) is 5.75 Å². The molecule has 0 saturated heterocycles. The van der Waals surface area contributed by atoms with E-state index in [2.05, 4.69) is 0 Å². The molecule has 6 heteroatoms. The Balaban J connectivity index is 1.85. The Morgan fingerprint density at radius 3 is 2.23 bits per heavy atom. The van der Waals surface area contributed by atoms with Crippen LogP contribution in [0.15, 0.2) is 59.5 Å². The fourth-order valence-corrected chi connectivity index (χ4v) is 3.23. The first kappa shape index (κ1) is 20.0. The van der Waals surface area contributed by atoms with Crippen LogP contribution in [0.4, 0.5) is 0 Å². The zero-order chi connectivity index (χ0) is 19.2. The molecule has 0 atom stereocenters. The van der Waals surface area contributed by atoms with Crippen LogP contribution in [0, 0.1) is 12.3 Å². The smallest absolute Gasteiger partial charge is 0.315 e. The van der Waals surface area contributed by atoms with Crippen LogP contribution in [0.2, 0.25) is 0 Å². The van der Waals surface area contributed by atoms with Crippen LogP contribution in [0.1, 0.15) is 19.4 Å². The Labute approximate surface area is 154 Å². The van der Waals surface area contributed by atoms with Gasteiger partial charge in [-0.25, -0.2) is 8.42 Å². The first-order chi connectivity index (χ1) is 12.2. The van der Waals surface area contributed by atoms with Crippen LogP contribution in [-0.4, -0.2) is 33.4 Å². The van der Waals surface area contributed by atoms with Gasteiger partial charge in [0.15, 0.2) is 9.84 Å². The molecule has 0 N–H and O–H groups in total. The molecule has 0 bridgehead atoms. The number of aryl methyl sites for hydroxylation is 1. The quantitative estimate of drug-likeness (QED) is 0.660. The highest BCUT2D eigenvalue weighted by Crippen LogP contribution is 2.20. The maximum Gasteiger partial charge on any atom is 0.315 e. The van der Waals surface area contributed by atoms with Gasteiger partial charge in [-0.1, -0.05) is 35.9 Å². The topological polar surface area (TPSA) is 69.7 Å². The molecule has 0 aromatic heterocycles. The second-order valence-corrected chi connectivity index (χ2v) is 8.86. The van der Waals surface area contributed by atoms with Crippen molar-refractivity contribution in [3.8, 4) is 5.75 Å². The Morgan fingerprint density at radius 1 is 1.00 bits per heavy atom. The molecule has 0 aliphatic rings. The second kappa shape index (κ2) is 8.36. The average Bonchev–Trinajstić information content (AvgIpc) is 2.61. The van der Waals surface area contributed by atoms with Crippen molar-refractivity contribution < 1.29 is 22.7 Å². The number of esters is 1. The number of carbonyl (C=O) groups is 1. The number of sulfone groups is 1. The Morgan fingerprint density at radius 2 is 1.62 bits per heavy atom. The van der Waals surface area contributed by atoms with E-state index in [4.69, 9.17) is 9.47 Å². The highest BCUT2D eigenvalue weighted by atomic mass is 32.2. The predicted octanol–water partition coefficient (Wildman–Crippen LogP) is 3.42. The fraction of sp³-hybridized carbons (Fsp3) is 0.350. The summed E-state index contributed by atoms with van der Waals surface area (Å²) in [5, 5.41) is 0. The number of hydrogen-bond acceptors (Lipinski definition) is 5. The Hall–Kier alpha value is -2.34. The highest BCUT2D eigenvalue weighted by molar-refractivity contribution is 7.91. The van der Waals surface area contributed by atoms with Crippen molar-refractivity contribution in [2.24, 2.45) is 5.41 Å². The van der Waals surface area contributed by atoms with E-state index >= 15 is 0 Å². The molecule has 0 amide bonds. The van der Waals surface area contributed by atoms with Gasteiger partial charge in [-0.05, 0) is 45.0 Å².